The quantitative estimate of drug-likeness (QED) is 0.270. The minimum absolute atomic E-state index is 0.0698. The number of aryl methyl sites for hydroxylation is 2. The molecule has 4 aromatic carbocycles. The summed E-state index contributed by atoms with van der Waals surface area (Å²) in [5.74, 6) is 0. The minimum Gasteiger partial charge on any atom is -0.0622 e. The highest BCUT2D eigenvalue weighted by Crippen LogP contribution is 2.51. The van der Waals surface area contributed by atoms with Crippen LogP contribution in [0.5, 0.6) is 0 Å². The lowest BCUT2D eigenvalue weighted by atomic mass is 9.54. The Morgan fingerprint density at radius 1 is 0.531 bits per heavy atom. The van der Waals surface area contributed by atoms with E-state index < -0.39 is 0 Å². The molecule has 0 heterocycles. The Kier molecular flexibility index (Phi) is 6.61. The van der Waals surface area contributed by atoms with Crippen molar-refractivity contribution in [2.75, 3.05) is 0 Å². The molecule has 162 valence electrons. The van der Waals surface area contributed by atoms with Gasteiger partial charge in [-0.1, -0.05) is 129 Å². The summed E-state index contributed by atoms with van der Waals surface area (Å²) in [6.07, 6.45) is 3.35. The summed E-state index contributed by atoms with van der Waals surface area (Å²) >= 11 is 0. The van der Waals surface area contributed by atoms with Crippen LogP contribution in [0.1, 0.15) is 54.5 Å². The van der Waals surface area contributed by atoms with E-state index in [4.69, 9.17) is 0 Å². The van der Waals surface area contributed by atoms with Gasteiger partial charge in [-0.15, -0.1) is 0 Å². The largest absolute Gasteiger partial charge is 0.0622 e. The maximum absolute atomic E-state index is 2.47. The van der Waals surface area contributed by atoms with Gasteiger partial charge in [0.15, 0.2) is 0 Å². The van der Waals surface area contributed by atoms with Gasteiger partial charge >= 0.3 is 0 Å². The lowest BCUT2D eigenvalue weighted by Gasteiger charge is -2.48. The fourth-order valence-electron chi connectivity index (χ4n) is 5.36. The summed E-state index contributed by atoms with van der Waals surface area (Å²) in [6.45, 7) is 7.14. The first-order valence-corrected chi connectivity index (χ1v) is 11.8. The summed E-state index contributed by atoms with van der Waals surface area (Å²) in [7, 11) is 0. The second-order valence-electron chi connectivity index (χ2n) is 9.34. The first-order valence-electron chi connectivity index (χ1n) is 11.8. The van der Waals surface area contributed by atoms with Crippen molar-refractivity contribution in [1.29, 1.82) is 0 Å². The van der Waals surface area contributed by atoms with Crippen LogP contribution in [0.2, 0.25) is 0 Å². The molecule has 0 aliphatic rings. The van der Waals surface area contributed by atoms with Crippen molar-refractivity contribution in [3.8, 4) is 0 Å². The molecule has 4 rings (SSSR count). The Morgan fingerprint density at radius 2 is 0.969 bits per heavy atom. The second kappa shape index (κ2) is 9.57. The molecule has 0 aromatic heterocycles. The molecule has 0 bridgehead atoms. The standard InChI is InChI=1S/C32H34/c1-26-16-13-14-17-27(26)18-15-25-31(2,28-19-7-4-8-20-28)32(3,29-21-9-5-10-22-29)30-23-11-6-12-24-30/h4-14,16-17,19-24H,15,18,25H2,1-3H3/t31-/m1/s1. The highest BCUT2D eigenvalue weighted by atomic mass is 14.5. The van der Waals surface area contributed by atoms with Crippen LogP contribution in [0, 0.1) is 6.92 Å². The Bertz CT molecular complexity index is 1070. The smallest absolute Gasteiger partial charge is 0.0268 e. The molecule has 0 saturated heterocycles. The van der Waals surface area contributed by atoms with Crippen LogP contribution in [-0.2, 0) is 17.3 Å². The average molecular weight is 419 g/mol. The highest BCUT2D eigenvalue weighted by Gasteiger charge is 2.47. The first kappa shape index (κ1) is 22.1. The topological polar surface area (TPSA) is 0 Å². The van der Waals surface area contributed by atoms with Gasteiger partial charge < -0.3 is 0 Å². The van der Waals surface area contributed by atoms with Crippen LogP contribution in [0.4, 0.5) is 0 Å². The van der Waals surface area contributed by atoms with Gasteiger partial charge in [0, 0.05) is 10.8 Å². The number of hydrogen-bond donors (Lipinski definition) is 0. The summed E-state index contributed by atoms with van der Waals surface area (Å²) in [5, 5.41) is 0. The van der Waals surface area contributed by atoms with Crippen LogP contribution in [-0.4, -0.2) is 0 Å². The molecular formula is C32H34. The Morgan fingerprint density at radius 3 is 1.47 bits per heavy atom. The van der Waals surface area contributed by atoms with Crippen LogP contribution in [0.3, 0.4) is 0 Å². The normalized spacial score (nSPS) is 13.5. The second-order valence-corrected chi connectivity index (χ2v) is 9.34. The number of benzene rings is 4. The van der Waals surface area contributed by atoms with Gasteiger partial charge in [-0.25, -0.2) is 0 Å². The Hall–Kier alpha value is -3.12. The molecule has 4 aromatic rings. The first-order chi connectivity index (χ1) is 15.6. The third-order valence-corrected chi connectivity index (χ3v) is 7.60. The summed E-state index contributed by atoms with van der Waals surface area (Å²) < 4.78 is 0. The highest BCUT2D eigenvalue weighted by molar-refractivity contribution is 5.47. The minimum atomic E-state index is -0.164. The molecule has 0 radical (unpaired) electrons. The van der Waals surface area contributed by atoms with Gasteiger partial charge in [-0.3, -0.25) is 0 Å². The lowest BCUT2D eigenvalue weighted by Crippen LogP contribution is -2.46. The zero-order valence-corrected chi connectivity index (χ0v) is 19.6. The molecular weight excluding hydrogens is 384 g/mol. The number of hydrogen-bond acceptors (Lipinski definition) is 0. The molecule has 0 fully saturated rings. The third-order valence-electron chi connectivity index (χ3n) is 7.60. The summed E-state index contributed by atoms with van der Waals surface area (Å²) in [4.78, 5) is 0. The van der Waals surface area contributed by atoms with Crippen molar-refractivity contribution in [1.82, 2.24) is 0 Å². The predicted octanol–water partition coefficient (Wildman–Crippen LogP) is 8.28. The van der Waals surface area contributed by atoms with Crippen molar-refractivity contribution in [3.05, 3.63) is 143 Å². The maximum Gasteiger partial charge on any atom is 0.0268 e. The van der Waals surface area contributed by atoms with Crippen molar-refractivity contribution in [2.24, 2.45) is 0 Å². The molecule has 0 aliphatic carbocycles. The van der Waals surface area contributed by atoms with E-state index in [1.54, 1.807) is 0 Å². The van der Waals surface area contributed by atoms with Crippen molar-refractivity contribution in [3.63, 3.8) is 0 Å². The van der Waals surface area contributed by atoms with E-state index >= 15 is 0 Å². The van der Waals surface area contributed by atoms with E-state index in [0.29, 0.717) is 0 Å². The maximum atomic E-state index is 2.47. The third kappa shape index (κ3) is 4.15. The van der Waals surface area contributed by atoms with Gasteiger partial charge in [0.1, 0.15) is 0 Å². The number of rotatable bonds is 8. The molecule has 1 atom stereocenters. The Balaban J connectivity index is 1.81. The molecule has 0 saturated carbocycles. The van der Waals surface area contributed by atoms with Crippen LogP contribution < -0.4 is 0 Å². The zero-order valence-electron chi connectivity index (χ0n) is 19.6. The van der Waals surface area contributed by atoms with Crippen LogP contribution >= 0.6 is 0 Å². The van der Waals surface area contributed by atoms with E-state index in [-0.39, 0.29) is 10.8 Å². The molecule has 0 heteroatoms. The molecule has 0 spiro atoms. The van der Waals surface area contributed by atoms with E-state index in [1.807, 2.05) is 0 Å². The monoisotopic (exact) mass is 418 g/mol. The van der Waals surface area contributed by atoms with Crippen LogP contribution in [0.25, 0.3) is 0 Å². The summed E-state index contributed by atoms with van der Waals surface area (Å²) in [5.41, 5.74) is 6.76. The SMILES string of the molecule is Cc1ccccc1CCC[C@](C)(c1ccccc1)C(C)(c1ccccc1)c1ccccc1. The van der Waals surface area contributed by atoms with Crippen LogP contribution in [0.15, 0.2) is 115 Å². The molecule has 0 N–H and O–H groups in total. The van der Waals surface area contributed by atoms with E-state index in [0.717, 1.165) is 19.3 Å². The fraction of sp³-hybridized carbons (Fsp3) is 0.250. The van der Waals surface area contributed by atoms with E-state index in [9.17, 15) is 0 Å². The van der Waals surface area contributed by atoms with Crippen molar-refractivity contribution in [2.45, 2.75) is 50.9 Å². The Labute approximate surface area is 194 Å². The molecule has 0 unspecified atom stereocenters. The molecule has 0 nitrogen and oxygen atoms in total. The van der Waals surface area contributed by atoms with Gasteiger partial charge in [0.05, 0.1) is 0 Å². The summed E-state index contributed by atoms with van der Waals surface area (Å²) in [6, 6.07) is 42.1. The van der Waals surface area contributed by atoms with Gasteiger partial charge in [-0.05, 0) is 54.0 Å². The fourth-order valence-corrected chi connectivity index (χ4v) is 5.36. The van der Waals surface area contributed by atoms with Gasteiger partial charge in [0.2, 0.25) is 0 Å². The van der Waals surface area contributed by atoms with E-state index in [2.05, 4.69) is 136 Å². The van der Waals surface area contributed by atoms with Crippen molar-refractivity contribution < 1.29 is 0 Å². The average Bonchev–Trinajstić information content (AvgIpc) is 2.86. The molecule has 32 heavy (non-hydrogen) atoms. The lowest BCUT2D eigenvalue weighted by molar-refractivity contribution is 0.274. The van der Waals surface area contributed by atoms with Crippen molar-refractivity contribution >= 4 is 0 Å². The van der Waals surface area contributed by atoms with E-state index in [1.165, 1.54) is 27.8 Å². The van der Waals surface area contributed by atoms with Gasteiger partial charge in [-0.2, -0.15) is 0 Å². The molecule has 0 aliphatic heterocycles. The van der Waals surface area contributed by atoms with Gasteiger partial charge in [0.25, 0.3) is 0 Å². The predicted molar refractivity (Wildman–Crippen MR) is 137 cm³/mol. The molecule has 0 amide bonds. The zero-order chi connectivity index (χ0) is 22.4.